The molecule has 2 aromatic carbocycles. The molecule has 116 valence electrons. The van der Waals surface area contributed by atoms with E-state index in [0.29, 0.717) is 5.69 Å². The van der Waals surface area contributed by atoms with Crippen LogP contribution in [0.1, 0.15) is 10.4 Å². The molecule has 0 aliphatic carbocycles. The summed E-state index contributed by atoms with van der Waals surface area (Å²) in [5.41, 5.74) is 0.771. The number of carbonyl (C=O) groups is 1. The minimum atomic E-state index is -1.78. The Balaban J connectivity index is 2.17. The Bertz CT molecular complexity index is 645. The van der Waals surface area contributed by atoms with E-state index in [1.165, 1.54) is 12.1 Å². The lowest BCUT2D eigenvalue weighted by molar-refractivity contribution is 0.0939. The molecule has 2 rings (SSSR count). The van der Waals surface area contributed by atoms with Crippen molar-refractivity contribution in [1.82, 2.24) is 5.32 Å². The van der Waals surface area contributed by atoms with Crippen molar-refractivity contribution in [3.8, 4) is 5.75 Å². The topological polar surface area (TPSA) is 61.4 Å². The number of aromatic hydroxyl groups is 1. The minimum Gasteiger partial charge on any atom is -0.507 e. The Kier molecular flexibility index (Phi) is 5.40. The first-order valence-electron chi connectivity index (χ1n) is 6.35. The molecule has 0 aliphatic heterocycles. The standard InChI is InChI=1S/C15H13Cl3N2O2/c16-15(17,18)14(19-10-6-2-1-3-7-10)20-13(22)11-8-4-5-9-12(11)21/h1-9,14,19,21H,(H,20,22). The van der Waals surface area contributed by atoms with Crippen LogP contribution in [0.3, 0.4) is 0 Å². The zero-order valence-corrected chi connectivity index (χ0v) is 13.5. The first-order chi connectivity index (χ1) is 10.4. The number of hydrogen-bond donors (Lipinski definition) is 3. The molecule has 0 radical (unpaired) electrons. The summed E-state index contributed by atoms with van der Waals surface area (Å²) in [6.45, 7) is 0. The van der Waals surface area contributed by atoms with E-state index >= 15 is 0 Å². The van der Waals surface area contributed by atoms with Crippen LogP contribution in [-0.2, 0) is 0 Å². The van der Waals surface area contributed by atoms with Gasteiger partial charge < -0.3 is 15.7 Å². The predicted octanol–water partition coefficient (Wildman–Crippen LogP) is 3.93. The van der Waals surface area contributed by atoms with Crippen LogP contribution >= 0.6 is 34.8 Å². The number of alkyl halides is 3. The highest BCUT2D eigenvalue weighted by molar-refractivity contribution is 6.68. The Morgan fingerprint density at radius 2 is 1.59 bits per heavy atom. The van der Waals surface area contributed by atoms with E-state index < -0.39 is 15.9 Å². The van der Waals surface area contributed by atoms with Gasteiger partial charge in [0.1, 0.15) is 11.9 Å². The molecule has 7 heteroatoms. The average Bonchev–Trinajstić information content (AvgIpc) is 2.47. The molecule has 1 amide bonds. The molecule has 4 nitrogen and oxygen atoms in total. The van der Waals surface area contributed by atoms with E-state index in [1.807, 2.05) is 18.2 Å². The van der Waals surface area contributed by atoms with Crippen molar-refractivity contribution < 1.29 is 9.90 Å². The summed E-state index contributed by atoms with van der Waals surface area (Å²) in [7, 11) is 0. The fourth-order valence-corrected chi connectivity index (χ4v) is 2.10. The van der Waals surface area contributed by atoms with Gasteiger partial charge in [-0.3, -0.25) is 4.79 Å². The zero-order chi connectivity index (χ0) is 16.2. The molecule has 1 atom stereocenters. The quantitative estimate of drug-likeness (QED) is 0.572. The highest BCUT2D eigenvalue weighted by atomic mass is 35.6. The Morgan fingerprint density at radius 1 is 1.00 bits per heavy atom. The van der Waals surface area contributed by atoms with Gasteiger partial charge in [-0.25, -0.2) is 0 Å². The highest BCUT2D eigenvalue weighted by Crippen LogP contribution is 2.31. The van der Waals surface area contributed by atoms with Crippen molar-refractivity contribution in [1.29, 1.82) is 0 Å². The summed E-state index contributed by atoms with van der Waals surface area (Å²) in [6.07, 6.45) is -0.980. The highest BCUT2D eigenvalue weighted by Gasteiger charge is 2.34. The van der Waals surface area contributed by atoms with Gasteiger partial charge in [-0.2, -0.15) is 0 Å². The fourth-order valence-electron chi connectivity index (χ4n) is 1.78. The van der Waals surface area contributed by atoms with E-state index in [9.17, 15) is 9.90 Å². The minimum absolute atomic E-state index is 0.0941. The number of nitrogens with one attached hydrogen (secondary N) is 2. The van der Waals surface area contributed by atoms with Crippen LogP contribution in [0.2, 0.25) is 0 Å². The molecule has 1 unspecified atom stereocenters. The van der Waals surface area contributed by atoms with Gasteiger partial charge in [0.25, 0.3) is 5.91 Å². The number of amides is 1. The lowest BCUT2D eigenvalue weighted by Crippen LogP contribution is -2.49. The van der Waals surface area contributed by atoms with Gasteiger partial charge in [-0.15, -0.1) is 0 Å². The number of halogens is 3. The number of phenolic OH excluding ortho intramolecular Hbond substituents is 1. The smallest absolute Gasteiger partial charge is 0.256 e. The Labute approximate surface area is 143 Å². The van der Waals surface area contributed by atoms with Crippen molar-refractivity contribution in [3.63, 3.8) is 0 Å². The first-order valence-corrected chi connectivity index (χ1v) is 7.48. The summed E-state index contributed by atoms with van der Waals surface area (Å²) in [4.78, 5) is 12.2. The molecule has 0 fully saturated rings. The second kappa shape index (κ2) is 7.09. The molecule has 0 bridgehead atoms. The van der Waals surface area contributed by atoms with Crippen LogP contribution in [0.25, 0.3) is 0 Å². The summed E-state index contributed by atoms with van der Waals surface area (Å²) in [6, 6.07) is 15.1. The van der Waals surface area contributed by atoms with Gasteiger partial charge >= 0.3 is 0 Å². The average molecular weight is 360 g/mol. The SMILES string of the molecule is O=C(NC(Nc1ccccc1)C(Cl)(Cl)Cl)c1ccccc1O. The third kappa shape index (κ3) is 4.44. The molecule has 0 aromatic heterocycles. The predicted molar refractivity (Wildman–Crippen MR) is 89.7 cm³/mol. The van der Waals surface area contributed by atoms with E-state index in [1.54, 1.807) is 24.3 Å². The molecule has 0 aliphatic rings. The van der Waals surface area contributed by atoms with Gasteiger partial charge in [0, 0.05) is 5.69 Å². The molecular formula is C15H13Cl3N2O2. The third-order valence-electron chi connectivity index (χ3n) is 2.84. The Hall–Kier alpha value is -1.62. The summed E-state index contributed by atoms with van der Waals surface area (Å²) < 4.78 is -1.78. The van der Waals surface area contributed by atoms with E-state index in [0.717, 1.165) is 0 Å². The van der Waals surface area contributed by atoms with E-state index in [4.69, 9.17) is 34.8 Å². The van der Waals surface area contributed by atoms with Crippen LogP contribution in [0.5, 0.6) is 5.75 Å². The maximum absolute atomic E-state index is 12.2. The molecule has 3 N–H and O–H groups in total. The summed E-state index contributed by atoms with van der Waals surface area (Å²) in [5, 5.41) is 15.2. The van der Waals surface area contributed by atoms with Crippen molar-refractivity contribution in [2.45, 2.75) is 9.96 Å². The lowest BCUT2D eigenvalue weighted by Gasteiger charge is -2.27. The second-order valence-electron chi connectivity index (χ2n) is 4.48. The number of rotatable bonds is 4. The van der Waals surface area contributed by atoms with Gasteiger partial charge in [0.2, 0.25) is 3.79 Å². The summed E-state index contributed by atoms with van der Waals surface area (Å²) >= 11 is 17.7. The van der Waals surface area contributed by atoms with Crippen LogP contribution in [0, 0.1) is 0 Å². The van der Waals surface area contributed by atoms with Crippen LogP contribution in [0.15, 0.2) is 54.6 Å². The van der Waals surface area contributed by atoms with Crippen molar-refractivity contribution in [3.05, 3.63) is 60.2 Å². The number of para-hydroxylation sites is 2. The van der Waals surface area contributed by atoms with Gasteiger partial charge in [-0.1, -0.05) is 65.1 Å². The molecule has 0 spiro atoms. The lowest BCUT2D eigenvalue weighted by atomic mass is 10.2. The van der Waals surface area contributed by atoms with E-state index in [2.05, 4.69) is 10.6 Å². The van der Waals surface area contributed by atoms with Crippen LogP contribution in [-0.4, -0.2) is 21.0 Å². The largest absolute Gasteiger partial charge is 0.507 e. The molecule has 0 heterocycles. The number of benzene rings is 2. The second-order valence-corrected chi connectivity index (χ2v) is 6.84. The molecule has 2 aromatic rings. The number of carbonyl (C=O) groups excluding carboxylic acids is 1. The maximum Gasteiger partial charge on any atom is 0.256 e. The van der Waals surface area contributed by atoms with Gasteiger partial charge in [-0.05, 0) is 24.3 Å². The summed E-state index contributed by atoms with van der Waals surface area (Å²) in [5.74, 6) is -0.708. The van der Waals surface area contributed by atoms with Gasteiger partial charge in [0.05, 0.1) is 5.56 Å². The number of phenols is 1. The van der Waals surface area contributed by atoms with Gasteiger partial charge in [0.15, 0.2) is 0 Å². The number of anilines is 1. The van der Waals surface area contributed by atoms with Crippen LogP contribution < -0.4 is 10.6 Å². The van der Waals surface area contributed by atoms with Crippen molar-refractivity contribution in [2.24, 2.45) is 0 Å². The van der Waals surface area contributed by atoms with Crippen molar-refractivity contribution in [2.75, 3.05) is 5.32 Å². The van der Waals surface area contributed by atoms with Crippen molar-refractivity contribution >= 4 is 46.4 Å². The molecule has 0 saturated carbocycles. The first kappa shape index (κ1) is 16.7. The molecular weight excluding hydrogens is 347 g/mol. The molecule has 22 heavy (non-hydrogen) atoms. The fraction of sp³-hybridized carbons (Fsp3) is 0.133. The van der Waals surface area contributed by atoms with Crippen LogP contribution in [0.4, 0.5) is 5.69 Å². The maximum atomic E-state index is 12.2. The third-order valence-corrected chi connectivity index (χ3v) is 3.49. The normalized spacial score (nSPS) is 12.5. The Morgan fingerprint density at radius 3 is 2.18 bits per heavy atom. The monoisotopic (exact) mass is 358 g/mol. The zero-order valence-electron chi connectivity index (χ0n) is 11.3. The number of hydrogen-bond acceptors (Lipinski definition) is 3. The molecule has 0 saturated heterocycles. The van der Waals surface area contributed by atoms with E-state index in [-0.39, 0.29) is 11.3 Å².